The molecule has 2 aromatic rings. The smallest absolute Gasteiger partial charge is 0.242 e. The molecule has 18 N–H and O–H groups in total. The van der Waals surface area contributed by atoms with Gasteiger partial charge in [0.25, 0.3) is 0 Å². The molecule has 14 amide bonds. The van der Waals surface area contributed by atoms with Gasteiger partial charge in [-0.05, 0) is 118 Å². The van der Waals surface area contributed by atoms with E-state index in [0.29, 0.717) is 56.1 Å². The summed E-state index contributed by atoms with van der Waals surface area (Å²) in [5.41, 5.74) is 15.7. The number of ether oxygens (including phenoxy) is 8. The highest BCUT2D eigenvalue weighted by Crippen LogP contribution is 2.31. The van der Waals surface area contributed by atoms with Gasteiger partial charge in [-0.15, -0.1) is 0 Å². The van der Waals surface area contributed by atoms with Gasteiger partial charge in [-0.3, -0.25) is 72.0 Å². The van der Waals surface area contributed by atoms with Gasteiger partial charge in [0.15, 0.2) is 0 Å². The zero-order valence-electron chi connectivity index (χ0n) is 71.0. The molecular formula is C82H136N16O23. The van der Waals surface area contributed by atoms with Crippen LogP contribution in [0, 0.1) is 0 Å². The Labute approximate surface area is 710 Å². The van der Waals surface area contributed by atoms with Crippen molar-refractivity contribution in [1.29, 1.82) is 0 Å². The van der Waals surface area contributed by atoms with Crippen LogP contribution < -0.4 is 80.6 Å². The molecule has 2 aromatic carbocycles. The number of benzene rings is 2. The Morgan fingerprint density at radius 2 is 0.802 bits per heavy atom. The summed E-state index contributed by atoms with van der Waals surface area (Å²) < 4.78 is 43.6. The van der Waals surface area contributed by atoms with Crippen molar-refractivity contribution >= 4 is 88.4 Å². The SMILES string of the molecule is CCCN(CCc1ccc(NC(=O)CCC(N)C(=O)NCCCCC(NC(=O)CCC(=O)NCCOCCOCCNC(=O)CCC(=O)NCCOCCOCCNC(=O)CCC(=O)NCCOCCOCCNC(=O)CCC(=O)NCCOCCOCCNC(=O)C(CCCCNC(C)=O)NC(C)=O)C(N)=O)cc1)C1CCc2c(O)cccc2C1. The number of nitrogens with one attached hydrogen (secondary N) is 13. The number of nitrogens with two attached hydrogens (primary N) is 2. The minimum Gasteiger partial charge on any atom is -0.508 e. The number of nitrogens with zero attached hydrogens (tertiary/aromatic N) is 1. The average Bonchev–Trinajstić information content (AvgIpc) is 0.812. The fourth-order valence-electron chi connectivity index (χ4n) is 12.2. The van der Waals surface area contributed by atoms with Crippen LogP contribution in [0.25, 0.3) is 0 Å². The van der Waals surface area contributed by atoms with Crippen LogP contribution >= 0.6 is 0 Å². The fraction of sp³-hybridized carbons (Fsp3) is 0.683. The predicted molar refractivity (Wildman–Crippen MR) is 447 cm³/mol. The second-order valence-corrected chi connectivity index (χ2v) is 28.7. The molecule has 39 nitrogen and oxygen atoms in total. The molecule has 3 rings (SSSR count). The van der Waals surface area contributed by atoms with E-state index in [1.54, 1.807) is 6.07 Å². The van der Waals surface area contributed by atoms with Gasteiger partial charge in [-0.1, -0.05) is 31.2 Å². The third-order valence-corrected chi connectivity index (χ3v) is 18.6. The lowest BCUT2D eigenvalue weighted by molar-refractivity contribution is -0.129. The lowest BCUT2D eigenvalue weighted by atomic mass is 9.86. The van der Waals surface area contributed by atoms with Crippen LogP contribution in [-0.4, -0.2) is 301 Å². The van der Waals surface area contributed by atoms with E-state index in [9.17, 15) is 72.2 Å². The highest BCUT2D eigenvalue weighted by molar-refractivity contribution is 5.92. The molecule has 0 bridgehead atoms. The number of amides is 14. The van der Waals surface area contributed by atoms with Crippen LogP contribution in [0.5, 0.6) is 5.75 Å². The Bertz CT molecular complexity index is 3380. The standard InChI is InChI=1S/C82H136N16O23/c1-4-41-98(65-18-19-66-63(59-65)10-9-13-70(66)101)42-30-62-14-16-64(17-15-62)96-78(109)21-20-67(83)81(112)93-32-8-5-11-68(80(84)111)97-79(110)29-28-77(108)92-39-49-119-56-55-118-47-37-90-74(105)25-24-73(104)88-35-45-115-52-51-114-43-33-86-71(102)22-23-72(103)87-34-44-116-53-54-117-46-36-89-75(106)26-27-76(107)91-38-48-120-57-58-121-50-40-94-82(113)69(95-61(3)100)12-6-7-31-85-60(2)99/h9-10,13-17,65,67-69,101H,4-8,11-12,18-59,83H2,1-3H3,(H2,84,111)(H,85,99)(H,86,102)(H,87,103)(H,88,104)(H,89,106)(H,90,105)(H,91,107)(H,92,108)(H,93,112)(H,94,113)(H,95,100)(H,96,109)(H,97,110). The zero-order chi connectivity index (χ0) is 88.3. The monoisotopic (exact) mass is 1710 g/mol. The number of carbonyl (C=O) groups excluding carboxylic acids is 14. The molecule has 121 heavy (non-hydrogen) atoms. The first-order valence-corrected chi connectivity index (χ1v) is 42.2. The number of anilines is 1. The van der Waals surface area contributed by atoms with Gasteiger partial charge in [0.1, 0.15) is 17.8 Å². The lowest BCUT2D eigenvalue weighted by Gasteiger charge is -2.35. The maximum atomic E-state index is 12.8. The van der Waals surface area contributed by atoms with Crippen molar-refractivity contribution in [3.8, 4) is 5.75 Å². The van der Waals surface area contributed by atoms with Gasteiger partial charge in [0.05, 0.1) is 112 Å². The van der Waals surface area contributed by atoms with Crippen molar-refractivity contribution < 1.29 is 110 Å². The quantitative estimate of drug-likeness (QED) is 0.0335. The molecule has 0 saturated heterocycles. The molecule has 4 atom stereocenters. The summed E-state index contributed by atoms with van der Waals surface area (Å²) in [6, 6.07) is 11.4. The summed E-state index contributed by atoms with van der Waals surface area (Å²) in [4.78, 5) is 173. The first-order chi connectivity index (χ1) is 58.4. The van der Waals surface area contributed by atoms with Crippen molar-refractivity contribution in [2.24, 2.45) is 11.5 Å². The topological polar surface area (TPSA) is 545 Å². The Morgan fingerprint density at radius 3 is 1.20 bits per heavy atom. The van der Waals surface area contributed by atoms with E-state index in [0.717, 1.165) is 56.3 Å². The molecule has 0 aliphatic heterocycles. The number of primary amides is 1. The number of hydrogen-bond donors (Lipinski definition) is 16. The maximum Gasteiger partial charge on any atom is 0.242 e. The first kappa shape index (κ1) is 106. The molecule has 0 radical (unpaired) electrons. The van der Waals surface area contributed by atoms with Gasteiger partial charge in [0, 0.05) is 155 Å². The van der Waals surface area contributed by atoms with Crippen LogP contribution in [0.1, 0.15) is 153 Å². The number of carbonyl (C=O) groups is 14. The van der Waals surface area contributed by atoms with Gasteiger partial charge in [-0.2, -0.15) is 0 Å². The number of aromatic hydroxyl groups is 1. The summed E-state index contributed by atoms with van der Waals surface area (Å²) >= 11 is 0. The van der Waals surface area contributed by atoms with E-state index in [4.69, 9.17) is 49.4 Å². The molecule has 0 spiro atoms. The van der Waals surface area contributed by atoms with Crippen LogP contribution in [0.2, 0.25) is 0 Å². The highest BCUT2D eigenvalue weighted by Gasteiger charge is 2.27. The fourth-order valence-corrected chi connectivity index (χ4v) is 12.2. The number of fused-ring (bicyclic) bond motifs is 1. The second-order valence-electron chi connectivity index (χ2n) is 28.7. The van der Waals surface area contributed by atoms with Crippen molar-refractivity contribution in [3.63, 3.8) is 0 Å². The molecule has 0 heterocycles. The van der Waals surface area contributed by atoms with Crippen LogP contribution in [0.3, 0.4) is 0 Å². The number of rotatable bonds is 73. The Kier molecular flexibility index (Phi) is 59.4. The normalized spacial score (nSPS) is 12.9. The highest BCUT2D eigenvalue weighted by atomic mass is 16.5. The van der Waals surface area contributed by atoms with Crippen molar-refractivity contribution in [3.05, 3.63) is 59.2 Å². The molecular weight excluding hydrogens is 1580 g/mol. The average molecular weight is 1710 g/mol. The molecule has 1 aliphatic carbocycles. The molecule has 39 heteroatoms. The molecule has 0 saturated carbocycles. The van der Waals surface area contributed by atoms with Crippen molar-refractivity contribution in [2.75, 3.05) is 190 Å². The van der Waals surface area contributed by atoms with E-state index in [1.807, 2.05) is 30.3 Å². The van der Waals surface area contributed by atoms with E-state index >= 15 is 0 Å². The molecule has 682 valence electrons. The Balaban J connectivity index is 1.01. The summed E-state index contributed by atoms with van der Waals surface area (Å²) in [6.07, 6.45) is 7.33. The van der Waals surface area contributed by atoms with E-state index in [-0.39, 0.29) is 294 Å². The van der Waals surface area contributed by atoms with Crippen molar-refractivity contribution in [1.82, 2.24) is 68.7 Å². The van der Waals surface area contributed by atoms with E-state index in [2.05, 4.69) is 87.0 Å². The van der Waals surface area contributed by atoms with Crippen LogP contribution in [-0.2, 0) is 124 Å². The Hall–Kier alpha value is -9.58. The third kappa shape index (κ3) is 55.9. The number of unbranched alkanes of at least 4 members (excludes halogenated alkanes) is 2. The summed E-state index contributed by atoms with van der Waals surface area (Å²) in [5.74, 6) is -4.61. The summed E-state index contributed by atoms with van der Waals surface area (Å²) in [7, 11) is 0. The largest absolute Gasteiger partial charge is 0.508 e. The molecule has 0 fully saturated rings. The molecule has 4 unspecified atom stereocenters. The zero-order valence-corrected chi connectivity index (χ0v) is 71.0. The van der Waals surface area contributed by atoms with Gasteiger partial charge in [-0.25, -0.2) is 0 Å². The summed E-state index contributed by atoms with van der Waals surface area (Å²) in [6.45, 7) is 13.1. The molecule has 1 aliphatic rings. The Morgan fingerprint density at radius 1 is 0.413 bits per heavy atom. The number of phenols is 1. The van der Waals surface area contributed by atoms with Gasteiger partial charge >= 0.3 is 0 Å². The number of phenolic OH excluding ortho intramolecular Hbond substituents is 1. The van der Waals surface area contributed by atoms with Crippen LogP contribution in [0.15, 0.2) is 42.5 Å². The van der Waals surface area contributed by atoms with Gasteiger partial charge < -0.3 is 124 Å². The maximum absolute atomic E-state index is 12.8. The minimum absolute atomic E-state index is 0.00238. The molecule has 0 aromatic heterocycles. The number of hydrogen-bond acceptors (Lipinski definition) is 25. The van der Waals surface area contributed by atoms with E-state index < -0.39 is 41.8 Å². The third-order valence-electron chi connectivity index (χ3n) is 18.6. The van der Waals surface area contributed by atoms with Gasteiger partial charge in [0.2, 0.25) is 82.7 Å². The minimum atomic E-state index is -0.975. The summed E-state index contributed by atoms with van der Waals surface area (Å²) in [5, 5.41) is 45.3. The van der Waals surface area contributed by atoms with Crippen molar-refractivity contribution in [2.45, 2.75) is 180 Å². The lowest BCUT2D eigenvalue weighted by Crippen LogP contribution is -2.46. The first-order valence-electron chi connectivity index (χ1n) is 42.2. The van der Waals surface area contributed by atoms with E-state index in [1.165, 1.54) is 19.4 Å². The second kappa shape index (κ2) is 68.0. The van der Waals surface area contributed by atoms with Crippen LogP contribution in [0.4, 0.5) is 5.69 Å². The predicted octanol–water partition coefficient (Wildman–Crippen LogP) is -1.50.